The van der Waals surface area contributed by atoms with Crippen molar-refractivity contribution in [3.05, 3.63) is 95.3 Å². The van der Waals surface area contributed by atoms with Gasteiger partial charge in [0.1, 0.15) is 12.4 Å². The van der Waals surface area contributed by atoms with E-state index in [-0.39, 0.29) is 6.10 Å². The Hall–Kier alpha value is -2.40. The first-order valence-corrected chi connectivity index (χ1v) is 11.3. The molecule has 0 aliphatic carbocycles. The molecule has 0 radical (unpaired) electrons. The molecule has 0 amide bonds. The minimum Gasteiger partial charge on any atom is -0.492 e. The summed E-state index contributed by atoms with van der Waals surface area (Å²) in [5.74, 6) is 1.40. The Bertz CT molecular complexity index is 898. The zero-order valence-corrected chi connectivity index (χ0v) is 18.5. The molecule has 0 bridgehead atoms. The largest absolute Gasteiger partial charge is 0.492 e. The van der Waals surface area contributed by atoms with Crippen LogP contribution in [0.1, 0.15) is 30.2 Å². The van der Waals surface area contributed by atoms with Crippen molar-refractivity contribution in [2.45, 2.75) is 25.6 Å². The molecule has 3 aromatic rings. The summed E-state index contributed by atoms with van der Waals surface area (Å²) < 4.78 is 12.3. The van der Waals surface area contributed by atoms with Crippen LogP contribution >= 0.6 is 11.6 Å². The molecule has 4 rings (SSSR count). The fourth-order valence-corrected chi connectivity index (χ4v) is 4.23. The van der Waals surface area contributed by atoms with Crippen LogP contribution in [-0.2, 0) is 11.3 Å². The van der Waals surface area contributed by atoms with Crippen LogP contribution in [0.4, 0.5) is 0 Å². The number of aromatic nitrogens is 1. The molecule has 2 aromatic carbocycles. The maximum absolute atomic E-state index is 6.42. The monoisotopic (exact) mass is 436 g/mol. The lowest BCUT2D eigenvalue weighted by molar-refractivity contribution is -0.0233. The lowest BCUT2D eigenvalue weighted by atomic mass is 9.87. The lowest BCUT2D eigenvalue weighted by Crippen LogP contribution is -2.38. The third kappa shape index (κ3) is 6.54. The van der Waals surface area contributed by atoms with Crippen molar-refractivity contribution in [2.24, 2.45) is 5.92 Å². The Balaban J connectivity index is 1.32. The first kappa shape index (κ1) is 21.8. The van der Waals surface area contributed by atoms with Gasteiger partial charge in [0.25, 0.3) is 0 Å². The van der Waals surface area contributed by atoms with E-state index in [0.29, 0.717) is 19.1 Å². The Labute approximate surface area is 189 Å². The highest BCUT2D eigenvalue weighted by molar-refractivity contribution is 6.30. The summed E-state index contributed by atoms with van der Waals surface area (Å²) in [5.41, 5.74) is 2.14. The van der Waals surface area contributed by atoms with E-state index in [4.69, 9.17) is 21.1 Å². The quantitative estimate of drug-likeness (QED) is 0.425. The van der Waals surface area contributed by atoms with Gasteiger partial charge in [0.15, 0.2) is 0 Å². The standard InChI is InChI=1S/C26H29ClN2O2/c27-23-11-9-21(10-12-23)26(31-20-24-6-4-5-15-28-24)22-13-16-29(17-14-22)18-19-30-25-7-2-1-3-8-25/h1-12,15,22,26H,13-14,16-20H2. The van der Waals surface area contributed by atoms with E-state index in [9.17, 15) is 0 Å². The predicted molar refractivity (Wildman–Crippen MR) is 124 cm³/mol. The van der Waals surface area contributed by atoms with Crippen molar-refractivity contribution in [3.63, 3.8) is 0 Å². The molecule has 5 heteroatoms. The van der Waals surface area contributed by atoms with E-state index < -0.39 is 0 Å². The van der Waals surface area contributed by atoms with E-state index in [2.05, 4.69) is 22.0 Å². The average Bonchev–Trinajstić information content (AvgIpc) is 2.83. The molecule has 31 heavy (non-hydrogen) atoms. The van der Waals surface area contributed by atoms with Gasteiger partial charge in [0.2, 0.25) is 0 Å². The van der Waals surface area contributed by atoms with Gasteiger partial charge in [-0.15, -0.1) is 0 Å². The summed E-state index contributed by atoms with van der Waals surface area (Å²) in [6.07, 6.45) is 4.05. The van der Waals surface area contributed by atoms with E-state index in [1.54, 1.807) is 0 Å². The summed E-state index contributed by atoms with van der Waals surface area (Å²) >= 11 is 6.12. The van der Waals surface area contributed by atoms with Gasteiger partial charge in [-0.3, -0.25) is 9.88 Å². The number of hydrogen-bond donors (Lipinski definition) is 0. The van der Waals surface area contributed by atoms with Gasteiger partial charge in [-0.05, 0) is 73.8 Å². The molecular formula is C26H29ClN2O2. The first-order valence-electron chi connectivity index (χ1n) is 10.9. The van der Waals surface area contributed by atoms with Crippen LogP contribution in [0.5, 0.6) is 5.75 Å². The van der Waals surface area contributed by atoms with Gasteiger partial charge < -0.3 is 9.47 Å². The molecule has 1 aliphatic heterocycles. The van der Waals surface area contributed by atoms with Gasteiger partial charge in [-0.2, -0.15) is 0 Å². The minimum atomic E-state index is 0.0435. The molecule has 4 nitrogen and oxygen atoms in total. The van der Waals surface area contributed by atoms with Crippen LogP contribution in [0.15, 0.2) is 79.0 Å². The van der Waals surface area contributed by atoms with E-state index in [0.717, 1.165) is 48.9 Å². The third-order valence-corrected chi connectivity index (χ3v) is 6.07. The summed E-state index contributed by atoms with van der Waals surface area (Å²) in [7, 11) is 0. The molecular weight excluding hydrogens is 408 g/mol. The molecule has 162 valence electrons. The summed E-state index contributed by atoms with van der Waals surface area (Å²) in [6.45, 7) is 4.28. The zero-order chi connectivity index (χ0) is 21.3. The highest BCUT2D eigenvalue weighted by Crippen LogP contribution is 2.35. The summed E-state index contributed by atoms with van der Waals surface area (Å²) in [6, 6.07) is 24.0. The van der Waals surface area contributed by atoms with Gasteiger partial charge in [0, 0.05) is 17.8 Å². The number of likely N-dealkylation sites (tertiary alicyclic amines) is 1. The fraction of sp³-hybridized carbons (Fsp3) is 0.346. The number of benzene rings is 2. The number of piperidine rings is 1. The van der Waals surface area contributed by atoms with E-state index in [1.807, 2.05) is 66.9 Å². The first-order chi connectivity index (χ1) is 15.3. The highest BCUT2D eigenvalue weighted by atomic mass is 35.5. The topological polar surface area (TPSA) is 34.6 Å². The Morgan fingerprint density at radius 2 is 1.68 bits per heavy atom. The summed E-state index contributed by atoms with van der Waals surface area (Å²) in [5, 5.41) is 0.750. The third-order valence-electron chi connectivity index (χ3n) is 5.82. The molecule has 1 atom stereocenters. The van der Waals surface area contributed by atoms with Crippen LogP contribution in [0, 0.1) is 5.92 Å². The Morgan fingerprint density at radius 3 is 2.39 bits per heavy atom. The number of ether oxygens (including phenoxy) is 2. The van der Waals surface area contributed by atoms with Crippen LogP contribution in [-0.4, -0.2) is 36.1 Å². The van der Waals surface area contributed by atoms with Crippen molar-refractivity contribution in [2.75, 3.05) is 26.2 Å². The SMILES string of the molecule is Clc1ccc(C(OCc2ccccn2)C2CCN(CCOc3ccccc3)CC2)cc1. The Kier molecular flexibility index (Phi) is 7.94. The van der Waals surface area contributed by atoms with Crippen LogP contribution in [0.25, 0.3) is 0 Å². The second-order valence-electron chi connectivity index (χ2n) is 7.94. The maximum atomic E-state index is 6.42. The average molecular weight is 437 g/mol. The maximum Gasteiger partial charge on any atom is 0.119 e. The number of halogens is 1. The van der Waals surface area contributed by atoms with Crippen molar-refractivity contribution in [1.82, 2.24) is 9.88 Å². The minimum absolute atomic E-state index is 0.0435. The number of pyridine rings is 1. The van der Waals surface area contributed by atoms with Crippen molar-refractivity contribution in [3.8, 4) is 5.75 Å². The molecule has 1 saturated heterocycles. The number of hydrogen-bond acceptors (Lipinski definition) is 4. The van der Waals surface area contributed by atoms with Gasteiger partial charge in [-0.25, -0.2) is 0 Å². The number of para-hydroxylation sites is 1. The molecule has 1 aliphatic rings. The number of nitrogens with zero attached hydrogens (tertiary/aromatic N) is 2. The molecule has 2 heterocycles. The lowest BCUT2D eigenvalue weighted by Gasteiger charge is -2.36. The van der Waals surface area contributed by atoms with E-state index >= 15 is 0 Å². The highest BCUT2D eigenvalue weighted by Gasteiger charge is 2.28. The Morgan fingerprint density at radius 1 is 0.935 bits per heavy atom. The molecule has 0 spiro atoms. The van der Waals surface area contributed by atoms with E-state index in [1.165, 1.54) is 5.56 Å². The molecule has 0 saturated carbocycles. The second-order valence-corrected chi connectivity index (χ2v) is 8.38. The van der Waals surface area contributed by atoms with Gasteiger partial charge >= 0.3 is 0 Å². The number of rotatable bonds is 9. The normalized spacial score (nSPS) is 16.2. The molecule has 1 aromatic heterocycles. The molecule has 1 fully saturated rings. The molecule has 0 N–H and O–H groups in total. The van der Waals surface area contributed by atoms with Crippen LogP contribution < -0.4 is 4.74 Å². The fourth-order valence-electron chi connectivity index (χ4n) is 4.10. The van der Waals surface area contributed by atoms with Gasteiger partial charge in [0.05, 0.1) is 18.4 Å². The van der Waals surface area contributed by atoms with Crippen molar-refractivity contribution in [1.29, 1.82) is 0 Å². The predicted octanol–water partition coefficient (Wildman–Crippen LogP) is 5.78. The van der Waals surface area contributed by atoms with Crippen molar-refractivity contribution < 1.29 is 9.47 Å². The second kappa shape index (κ2) is 11.3. The zero-order valence-electron chi connectivity index (χ0n) is 17.7. The van der Waals surface area contributed by atoms with Crippen LogP contribution in [0.2, 0.25) is 5.02 Å². The smallest absolute Gasteiger partial charge is 0.119 e. The van der Waals surface area contributed by atoms with Crippen LogP contribution in [0.3, 0.4) is 0 Å². The summed E-state index contributed by atoms with van der Waals surface area (Å²) in [4.78, 5) is 6.89. The van der Waals surface area contributed by atoms with Crippen molar-refractivity contribution >= 4 is 11.6 Å². The molecule has 1 unspecified atom stereocenters. The van der Waals surface area contributed by atoms with Gasteiger partial charge in [-0.1, -0.05) is 48.0 Å².